The van der Waals surface area contributed by atoms with Gasteiger partial charge in [0, 0.05) is 0 Å². The second kappa shape index (κ2) is 11.3. The Kier molecular flexibility index (Phi) is 7.61. The third-order valence-corrected chi connectivity index (χ3v) is 7.55. The van der Waals surface area contributed by atoms with Crippen LogP contribution >= 0.6 is 11.3 Å². The van der Waals surface area contributed by atoms with Crippen LogP contribution in [0.15, 0.2) is 99.9 Å². The molecule has 1 atom stereocenters. The van der Waals surface area contributed by atoms with Crippen molar-refractivity contribution in [2.24, 2.45) is 4.99 Å². The monoisotopic (exact) mass is 538 g/mol. The van der Waals surface area contributed by atoms with Gasteiger partial charge >= 0.3 is 5.97 Å². The van der Waals surface area contributed by atoms with E-state index >= 15 is 0 Å². The number of thiazole rings is 1. The second-order valence-electron chi connectivity index (χ2n) is 9.61. The molecule has 7 heteroatoms. The number of ether oxygens (including phenoxy) is 2. The number of fused-ring (bicyclic) bond motifs is 1. The topological polar surface area (TPSA) is 69.9 Å². The standard InChI is InChI=1S/C32H30N2O4S/c1-5-37-31(36)28-21(4)33-32-34(29(28)24-16-14-23(15-17-24)20(2)3)30(35)27(39-32)19-22-10-9-13-26(18-22)38-25-11-7-6-8-12-25/h6-20,29H,5H2,1-4H3/t29-/m0/s1. The zero-order chi connectivity index (χ0) is 27.5. The normalized spacial score (nSPS) is 15.2. The van der Waals surface area contributed by atoms with Crippen LogP contribution in [0.3, 0.4) is 0 Å². The van der Waals surface area contributed by atoms with Gasteiger partial charge in [-0.3, -0.25) is 9.36 Å². The second-order valence-corrected chi connectivity index (χ2v) is 10.6. The van der Waals surface area contributed by atoms with Gasteiger partial charge in [-0.25, -0.2) is 9.79 Å². The highest BCUT2D eigenvalue weighted by Crippen LogP contribution is 2.31. The van der Waals surface area contributed by atoms with Gasteiger partial charge in [0.15, 0.2) is 4.80 Å². The minimum absolute atomic E-state index is 0.208. The number of hydrogen-bond donors (Lipinski definition) is 0. The summed E-state index contributed by atoms with van der Waals surface area (Å²) in [6.45, 7) is 8.06. The van der Waals surface area contributed by atoms with Gasteiger partial charge in [0.1, 0.15) is 11.5 Å². The molecule has 6 nitrogen and oxygen atoms in total. The Hall–Kier alpha value is -4.23. The Morgan fingerprint density at radius 3 is 2.44 bits per heavy atom. The van der Waals surface area contributed by atoms with Gasteiger partial charge in [-0.2, -0.15) is 0 Å². The minimum Gasteiger partial charge on any atom is -0.463 e. The molecule has 0 saturated heterocycles. The van der Waals surface area contributed by atoms with Crippen LogP contribution in [0.2, 0.25) is 0 Å². The Morgan fingerprint density at radius 2 is 1.74 bits per heavy atom. The van der Waals surface area contributed by atoms with E-state index in [9.17, 15) is 9.59 Å². The van der Waals surface area contributed by atoms with E-state index in [-0.39, 0.29) is 12.2 Å². The van der Waals surface area contributed by atoms with Crippen LogP contribution < -0.4 is 19.6 Å². The van der Waals surface area contributed by atoms with Gasteiger partial charge < -0.3 is 9.47 Å². The van der Waals surface area contributed by atoms with Crippen molar-refractivity contribution >= 4 is 23.4 Å². The quantitative estimate of drug-likeness (QED) is 0.283. The Balaban J connectivity index is 1.61. The van der Waals surface area contributed by atoms with E-state index in [1.54, 1.807) is 18.4 Å². The van der Waals surface area contributed by atoms with Gasteiger partial charge in [-0.15, -0.1) is 0 Å². The van der Waals surface area contributed by atoms with Crippen molar-refractivity contribution in [1.82, 2.24) is 4.57 Å². The minimum atomic E-state index is -0.628. The summed E-state index contributed by atoms with van der Waals surface area (Å²) >= 11 is 1.31. The summed E-state index contributed by atoms with van der Waals surface area (Å²) in [6.07, 6.45) is 1.84. The first-order chi connectivity index (χ1) is 18.9. The predicted molar refractivity (Wildman–Crippen MR) is 154 cm³/mol. The van der Waals surface area contributed by atoms with Crippen LogP contribution in [0, 0.1) is 0 Å². The summed E-state index contributed by atoms with van der Waals surface area (Å²) in [5.74, 6) is 1.31. The molecule has 0 N–H and O–H groups in total. The molecular formula is C32H30N2O4S. The first-order valence-corrected chi connectivity index (χ1v) is 13.8. The number of allylic oxidation sites excluding steroid dienone is 1. The Labute approximate surface area is 231 Å². The molecule has 0 bridgehead atoms. The van der Waals surface area contributed by atoms with Crippen LogP contribution in [-0.4, -0.2) is 17.1 Å². The van der Waals surface area contributed by atoms with E-state index in [1.807, 2.05) is 84.9 Å². The average Bonchev–Trinajstić information content (AvgIpc) is 3.22. The van der Waals surface area contributed by atoms with Crippen LogP contribution in [0.1, 0.15) is 56.3 Å². The van der Waals surface area contributed by atoms with Crippen LogP contribution in [-0.2, 0) is 9.53 Å². The molecule has 4 aromatic rings. The molecule has 0 unspecified atom stereocenters. The lowest BCUT2D eigenvalue weighted by Gasteiger charge is -2.25. The molecule has 1 aliphatic heterocycles. The number of hydrogen-bond acceptors (Lipinski definition) is 6. The van der Waals surface area contributed by atoms with Crippen molar-refractivity contribution < 1.29 is 14.3 Å². The number of nitrogens with zero attached hydrogens (tertiary/aromatic N) is 2. The number of benzene rings is 3. The molecule has 39 heavy (non-hydrogen) atoms. The van der Waals surface area contributed by atoms with Gasteiger partial charge in [-0.05, 0) is 66.8 Å². The highest BCUT2D eigenvalue weighted by atomic mass is 32.1. The van der Waals surface area contributed by atoms with E-state index < -0.39 is 12.0 Å². The Morgan fingerprint density at radius 1 is 1.03 bits per heavy atom. The molecule has 0 aliphatic carbocycles. The van der Waals surface area contributed by atoms with Crippen LogP contribution in [0.25, 0.3) is 6.08 Å². The lowest BCUT2D eigenvalue weighted by Crippen LogP contribution is -2.39. The van der Waals surface area contributed by atoms with Crippen molar-refractivity contribution in [2.45, 2.75) is 39.7 Å². The largest absolute Gasteiger partial charge is 0.463 e. The molecule has 2 heterocycles. The molecule has 0 amide bonds. The van der Waals surface area contributed by atoms with Gasteiger partial charge in [-0.1, -0.05) is 79.8 Å². The molecule has 5 rings (SSSR count). The van der Waals surface area contributed by atoms with Crippen molar-refractivity contribution in [3.63, 3.8) is 0 Å². The molecule has 0 spiro atoms. The molecule has 198 valence electrons. The van der Waals surface area contributed by atoms with Gasteiger partial charge in [0.2, 0.25) is 0 Å². The summed E-state index contributed by atoms with van der Waals surface area (Å²) in [6, 6.07) is 24.6. The summed E-state index contributed by atoms with van der Waals surface area (Å²) in [7, 11) is 0. The third-order valence-electron chi connectivity index (χ3n) is 6.57. The highest BCUT2D eigenvalue weighted by molar-refractivity contribution is 7.07. The number of rotatable bonds is 7. The summed E-state index contributed by atoms with van der Waals surface area (Å²) in [5, 5.41) is 0. The molecule has 3 aromatic carbocycles. The van der Waals surface area contributed by atoms with Crippen molar-refractivity contribution in [3.8, 4) is 11.5 Å². The van der Waals surface area contributed by atoms with E-state index in [2.05, 4.69) is 18.8 Å². The molecule has 1 aliphatic rings. The smallest absolute Gasteiger partial charge is 0.338 e. The fourth-order valence-corrected chi connectivity index (χ4v) is 5.66. The highest BCUT2D eigenvalue weighted by Gasteiger charge is 2.33. The number of aromatic nitrogens is 1. The summed E-state index contributed by atoms with van der Waals surface area (Å²) < 4.78 is 13.5. The fourth-order valence-electron chi connectivity index (χ4n) is 4.61. The number of para-hydroxylation sites is 1. The number of carbonyl (C=O) groups excluding carboxylic acids is 1. The fraction of sp³-hybridized carbons (Fsp3) is 0.219. The van der Waals surface area contributed by atoms with Crippen molar-refractivity contribution in [1.29, 1.82) is 0 Å². The molecule has 0 saturated carbocycles. The first-order valence-electron chi connectivity index (χ1n) is 13.0. The maximum Gasteiger partial charge on any atom is 0.338 e. The molecule has 1 aromatic heterocycles. The van der Waals surface area contributed by atoms with E-state index in [0.717, 1.165) is 16.9 Å². The third kappa shape index (κ3) is 5.49. The Bertz CT molecular complexity index is 1710. The molecule has 0 fully saturated rings. The summed E-state index contributed by atoms with van der Waals surface area (Å²) in [4.78, 5) is 32.2. The van der Waals surface area contributed by atoms with E-state index in [0.29, 0.717) is 32.3 Å². The van der Waals surface area contributed by atoms with Gasteiger partial charge in [0.05, 0.1) is 28.5 Å². The maximum absolute atomic E-state index is 13.9. The van der Waals surface area contributed by atoms with Crippen LogP contribution in [0.4, 0.5) is 0 Å². The predicted octanol–water partition coefficient (Wildman–Crippen LogP) is 5.71. The SMILES string of the molecule is CCOC(=O)C1=C(C)N=c2sc(=Cc3cccc(Oc4ccccc4)c3)c(=O)n2[C@H]1c1ccc(C(C)C)cc1. The summed E-state index contributed by atoms with van der Waals surface area (Å²) in [5.41, 5.74) is 3.57. The van der Waals surface area contributed by atoms with Crippen molar-refractivity contribution in [3.05, 3.63) is 127 Å². The van der Waals surface area contributed by atoms with Crippen molar-refractivity contribution in [2.75, 3.05) is 6.61 Å². The van der Waals surface area contributed by atoms with Gasteiger partial charge in [0.25, 0.3) is 5.56 Å². The number of carbonyl (C=O) groups is 1. The number of esters is 1. The maximum atomic E-state index is 13.9. The van der Waals surface area contributed by atoms with E-state index in [1.165, 1.54) is 16.9 Å². The molecular weight excluding hydrogens is 508 g/mol. The molecule has 0 radical (unpaired) electrons. The van der Waals surface area contributed by atoms with Crippen LogP contribution in [0.5, 0.6) is 11.5 Å². The lowest BCUT2D eigenvalue weighted by molar-refractivity contribution is -0.139. The lowest BCUT2D eigenvalue weighted by atomic mass is 9.93. The zero-order valence-corrected chi connectivity index (χ0v) is 23.2. The zero-order valence-electron chi connectivity index (χ0n) is 22.4. The first kappa shape index (κ1) is 26.4. The van der Waals surface area contributed by atoms with E-state index in [4.69, 9.17) is 9.47 Å². The average molecular weight is 539 g/mol.